The van der Waals surface area contributed by atoms with Gasteiger partial charge in [0.1, 0.15) is 17.2 Å². The SMILES string of the molecule is CC(C)Oc1ccccc1C(NC(=O)[O-])SN(C1CCCC1)P1(=O)OC2CCCCC2O1. The van der Waals surface area contributed by atoms with Crippen LogP contribution in [0.2, 0.25) is 0 Å². The van der Waals surface area contributed by atoms with Crippen molar-refractivity contribution in [3.63, 3.8) is 0 Å². The Morgan fingerprint density at radius 1 is 1.12 bits per heavy atom. The third-order valence-electron chi connectivity index (χ3n) is 6.08. The molecule has 2 saturated carbocycles. The second-order valence-electron chi connectivity index (χ2n) is 8.90. The minimum Gasteiger partial charge on any atom is -0.530 e. The Labute approximate surface area is 194 Å². The number of hydrogen-bond acceptors (Lipinski definition) is 7. The Bertz CT molecular complexity index is 831. The third-order valence-corrected chi connectivity index (χ3v) is 9.95. The Kier molecular flexibility index (Phi) is 7.73. The van der Waals surface area contributed by atoms with Crippen molar-refractivity contribution in [2.45, 2.75) is 94.9 Å². The van der Waals surface area contributed by atoms with Gasteiger partial charge in [-0.2, -0.15) is 0 Å². The topological polar surface area (TPSA) is 100 Å². The lowest BCUT2D eigenvalue weighted by atomic mass is 9.95. The number of ether oxygens (including phenoxy) is 1. The maximum atomic E-state index is 14.0. The molecular formula is C22H32N2O6PS-. The number of hydrogen-bond donors (Lipinski definition) is 1. The average molecular weight is 484 g/mol. The lowest BCUT2D eigenvalue weighted by Gasteiger charge is -2.34. The Morgan fingerprint density at radius 2 is 1.72 bits per heavy atom. The van der Waals surface area contributed by atoms with Crippen molar-refractivity contribution >= 4 is 25.8 Å². The number of para-hydroxylation sites is 1. The molecule has 1 N–H and O–H groups in total. The number of nitrogens with zero attached hydrogens (tertiary/aromatic N) is 1. The summed E-state index contributed by atoms with van der Waals surface area (Å²) in [6.07, 6.45) is 5.71. The second kappa shape index (κ2) is 10.3. The van der Waals surface area contributed by atoms with Crippen LogP contribution in [0.1, 0.15) is 76.2 Å². The van der Waals surface area contributed by atoms with E-state index in [1.54, 1.807) is 10.1 Å². The highest BCUT2D eigenvalue weighted by Gasteiger charge is 2.52. The molecule has 178 valence electrons. The van der Waals surface area contributed by atoms with Crippen LogP contribution in [0.4, 0.5) is 4.79 Å². The molecule has 1 heterocycles. The van der Waals surface area contributed by atoms with Crippen molar-refractivity contribution < 1.29 is 28.3 Å². The fraction of sp³-hybridized carbons (Fsp3) is 0.682. The molecule has 0 aromatic heterocycles. The summed E-state index contributed by atoms with van der Waals surface area (Å²) in [6.45, 7) is 3.83. The molecule has 8 nitrogen and oxygen atoms in total. The maximum absolute atomic E-state index is 14.0. The van der Waals surface area contributed by atoms with Crippen LogP contribution in [0.3, 0.4) is 0 Å². The van der Waals surface area contributed by atoms with E-state index in [-0.39, 0.29) is 24.4 Å². The Balaban J connectivity index is 1.64. The van der Waals surface area contributed by atoms with Crippen LogP contribution < -0.4 is 15.2 Å². The van der Waals surface area contributed by atoms with Gasteiger partial charge in [-0.15, -0.1) is 4.08 Å². The summed E-state index contributed by atoms with van der Waals surface area (Å²) in [7, 11) is -3.59. The first-order valence-corrected chi connectivity index (χ1v) is 13.9. The molecular weight excluding hydrogens is 451 g/mol. The average Bonchev–Trinajstić information content (AvgIpc) is 3.38. The molecule has 1 amide bonds. The fourth-order valence-electron chi connectivity index (χ4n) is 4.67. The second-order valence-corrected chi connectivity index (χ2v) is 12.0. The zero-order valence-corrected chi connectivity index (χ0v) is 20.3. The van der Waals surface area contributed by atoms with Gasteiger partial charge in [-0.1, -0.05) is 43.9 Å². The van der Waals surface area contributed by atoms with Crippen LogP contribution in [0.5, 0.6) is 5.75 Å². The number of benzene rings is 1. The molecule has 1 aromatic carbocycles. The van der Waals surface area contributed by atoms with E-state index in [9.17, 15) is 14.5 Å². The molecule has 1 saturated heterocycles. The molecule has 0 radical (unpaired) electrons. The highest BCUT2D eigenvalue weighted by Crippen LogP contribution is 2.67. The van der Waals surface area contributed by atoms with Crippen molar-refractivity contribution in [3.05, 3.63) is 29.8 Å². The summed E-state index contributed by atoms with van der Waals surface area (Å²) in [5, 5.41) is 13.3. The van der Waals surface area contributed by atoms with E-state index >= 15 is 0 Å². The van der Waals surface area contributed by atoms with Crippen molar-refractivity contribution in [2.75, 3.05) is 0 Å². The predicted molar refractivity (Wildman–Crippen MR) is 121 cm³/mol. The highest BCUT2D eigenvalue weighted by atomic mass is 32.2. The molecule has 0 bridgehead atoms. The van der Waals surface area contributed by atoms with Crippen molar-refractivity contribution in [1.82, 2.24) is 9.39 Å². The molecule has 3 atom stereocenters. The van der Waals surface area contributed by atoms with E-state index in [0.29, 0.717) is 11.3 Å². The smallest absolute Gasteiger partial charge is 0.418 e. The van der Waals surface area contributed by atoms with Gasteiger partial charge in [-0.3, -0.25) is 9.05 Å². The zero-order valence-electron chi connectivity index (χ0n) is 18.6. The molecule has 1 aromatic rings. The van der Waals surface area contributed by atoms with Crippen LogP contribution >= 0.6 is 19.7 Å². The summed E-state index contributed by atoms with van der Waals surface area (Å²) in [6, 6.07) is 7.26. The number of amides is 1. The molecule has 3 unspecified atom stereocenters. The number of nitrogens with one attached hydrogen (secondary N) is 1. The summed E-state index contributed by atoms with van der Waals surface area (Å²) in [5.41, 5.74) is 0.640. The lowest BCUT2D eigenvalue weighted by Crippen LogP contribution is -2.40. The molecule has 1 aliphatic heterocycles. The van der Waals surface area contributed by atoms with Gasteiger partial charge in [0.15, 0.2) is 0 Å². The van der Waals surface area contributed by atoms with Crippen molar-refractivity contribution in [1.29, 1.82) is 0 Å². The number of carboxylic acid groups (broad SMARTS) is 1. The van der Waals surface area contributed by atoms with Crippen LogP contribution in [0.25, 0.3) is 0 Å². The van der Waals surface area contributed by atoms with Crippen molar-refractivity contribution in [3.8, 4) is 5.75 Å². The minimum absolute atomic E-state index is 0.0183. The standard InChI is InChI=1S/C22H33N2O6PS/c1-15(2)28-18-12-6-5-11-17(18)21(23-22(25)26)32-24(16-9-3-4-10-16)31(27)29-19-13-7-8-14-20(19)30-31/h5-6,11-12,15-16,19-21,23H,3-4,7-10,13-14H2,1-2H3,(H,25,26)/p-1. The number of fused-ring (bicyclic) bond motifs is 1. The molecule has 2 aliphatic carbocycles. The number of carbonyl (C=O) groups excluding carboxylic acids is 1. The van der Waals surface area contributed by atoms with Crippen LogP contribution in [-0.2, 0) is 13.6 Å². The monoisotopic (exact) mass is 483 g/mol. The summed E-state index contributed by atoms with van der Waals surface area (Å²) >= 11 is 1.16. The lowest BCUT2D eigenvalue weighted by molar-refractivity contribution is -0.251. The summed E-state index contributed by atoms with van der Waals surface area (Å²) in [5.74, 6) is 0.570. The quantitative estimate of drug-likeness (QED) is 0.321. The van der Waals surface area contributed by atoms with Gasteiger partial charge in [-0.25, -0.2) is 4.57 Å². The van der Waals surface area contributed by atoms with Gasteiger partial charge in [0.25, 0.3) is 0 Å². The van der Waals surface area contributed by atoms with Gasteiger partial charge < -0.3 is 20.0 Å². The van der Waals surface area contributed by atoms with E-state index in [1.807, 2.05) is 32.0 Å². The van der Waals surface area contributed by atoms with Gasteiger partial charge in [-0.05, 0) is 57.5 Å². The molecule has 3 fully saturated rings. The molecule has 10 heteroatoms. The van der Waals surface area contributed by atoms with E-state index in [4.69, 9.17) is 13.8 Å². The number of carbonyl (C=O) groups is 1. The highest BCUT2D eigenvalue weighted by molar-refractivity contribution is 8.01. The van der Waals surface area contributed by atoms with E-state index in [2.05, 4.69) is 5.32 Å². The molecule has 4 rings (SSSR count). The first-order chi connectivity index (χ1) is 15.4. The normalized spacial score (nSPS) is 29.2. The number of rotatable bonds is 8. The Morgan fingerprint density at radius 3 is 2.31 bits per heavy atom. The van der Waals surface area contributed by atoms with Gasteiger partial charge in [0, 0.05) is 11.6 Å². The fourth-order valence-corrected chi connectivity index (χ4v) is 8.73. The third kappa shape index (κ3) is 5.45. The van der Waals surface area contributed by atoms with Gasteiger partial charge >= 0.3 is 7.75 Å². The first-order valence-electron chi connectivity index (χ1n) is 11.5. The largest absolute Gasteiger partial charge is 0.530 e. The Hall–Kier alpha value is -1.25. The predicted octanol–water partition coefficient (Wildman–Crippen LogP) is 4.76. The van der Waals surface area contributed by atoms with Gasteiger partial charge in [0.05, 0.1) is 18.3 Å². The van der Waals surface area contributed by atoms with Crippen LogP contribution in [0, 0.1) is 0 Å². The molecule has 32 heavy (non-hydrogen) atoms. The van der Waals surface area contributed by atoms with E-state index < -0.39 is 19.2 Å². The maximum Gasteiger partial charge on any atom is 0.418 e. The molecule has 0 spiro atoms. The van der Waals surface area contributed by atoms with E-state index in [0.717, 1.165) is 63.3 Å². The summed E-state index contributed by atoms with van der Waals surface area (Å²) in [4.78, 5) is 11.6. The summed E-state index contributed by atoms with van der Waals surface area (Å²) < 4.78 is 33.8. The first kappa shape index (κ1) is 23.9. The van der Waals surface area contributed by atoms with Crippen LogP contribution in [0.15, 0.2) is 24.3 Å². The van der Waals surface area contributed by atoms with Gasteiger partial charge in [0.2, 0.25) is 0 Å². The molecule has 3 aliphatic rings. The minimum atomic E-state index is -3.59. The van der Waals surface area contributed by atoms with E-state index in [1.165, 1.54) is 0 Å². The van der Waals surface area contributed by atoms with Crippen LogP contribution in [-0.4, -0.2) is 34.5 Å². The zero-order chi connectivity index (χ0) is 22.7. The van der Waals surface area contributed by atoms with Crippen molar-refractivity contribution in [2.24, 2.45) is 0 Å².